The van der Waals surface area contributed by atoms with E-state index >= 15 is 0 Å². The van der Waals surface area contributed by atoms with Gasteiger partial charge in [0.15, 0.2) is 5.82 Å². The van der Waals surface area contributed by atoms with Crippen LogP contribution in [0, 0.1) is 5.92 Å². The molecule has 1 aliphatic rings. The second-order valence-electron chi connectivity index (χ2n) is 5.68. The van der Waals surface area contributed by atoms with Crippen LogP contribution in [-0.4, -0.2) is 54.7 Å². The topological polar surface area (TPSA) is 67.5 Å². The molecule has 1 fully saturated rings. The molecule has 6 heteroatoms. The summed E-state index contributed by atoms with van der Waals surface area (Å²) >= 11 is 0. The van der Waals surface area contributed by atoms with Gasteiger partial charge in [0, 0.05) is 19.1 Å². The quantitative estimate of drug-likeness (QED) is 0.874. The largest absolute Gasteiger partial charge is 0.476 e. The number of rotatable bonds is 5. The van der Waals surface area contributed by atoms with Gasteiger partial charge in [-0.1, -0.05) is 13.8 Å². The van der Waals surface area contributed by atoms with E-state index in [9.17, 15) is 0 Å². The summed E-state index contributed by atoms with van der Waals surface area (Å²) in [6.45, 7) is 6.83. The van der Waals surface area contributed by atoms with Gasteiger partial charge in [0.05, 0.1) is 6.61 Å². The third kappa shape index (κ3) is 2.95. The molecule has 1 aromatic heterocycles. The van der Waals surface area contributed by atoms with Crippen molar-refractivity contribution in [2.75, 3.05) is 44.4 Å². The SMILES string of the molecule is CCCOc1ncnc(N2CC(C)C(N(C)C)C2)c1N. The standard InChI is InChI=1S/C14H25N5O/c1-5-6-20-14-12(15)13(16-9-17-14)19-7-10(2)11(8-19)18(3)4/h9-11H,5-8,15H2,1-4H3. The maximum Gasteiger partial charge on any atom is 0.242 e. The van der Waals surface area contributed by atoms with Crippen molar-refractivity contribution in [3.05, 3.63) is 6.33 Å². The van der Waals surface area contributed by atoms with Crippen LogP contribution in [0.1, 0.15) is 20.3 Å². The number of aromatic nitrogens is 2. The Bertz CT molecular complexity index is 451. The molecule has 0 aliphatic carbocycles. The van der Waals surface area contributed by atoms with Crippen LogP contribution in [0.25, 0.3) is 0 Å². The second-order valence-corrected chi connectivity index (χ2v) is 5.68. The third-order valence-corrected chi connectivity index (χ3v) is 3.80. The number of hydrogen-bond acceptors (Lipinski definition) is 6. The van der Waals surface area contributed by atoms with Gasteiger partial charge in [-0.3, -0.25) is 0 Å². The van der Waals surface area contributed by atoms with Gasteiger partial charge < -0.3 is 20.3 Å². The Morgan fingerprint density at radius 3 is 2.75 bits per heavy atom. The van der Waals surface area contributed by atoms with Gasteiger partial charge in [-0.2, -0.15) is 4.98 Å². The highest BCUT2D eigenvalue weighted by Crippen LogP contribution is 2.32. The summed E-state index contributed by atoms with van der Waals surface area (Å²) < 4.78 is 5.57. The highest BCUT2D eigenvalue weighted by atomic mass is 16.5. The van der Waals surface area contributed by atoms with Crippen molar-refractivity contribution < 1.29 is 4.74 Å². The molecule has 0 amide bonds. The summed E-state index contributed by atoms with van der Waals surface area (Å²) in [5.74, 6) is 1.87. The maximum absolute atomic E-state index is 6.17. The minimum absolute atomic E-state index is 0.498. The van der Waals surface area contributed by atoms with Crippen LogP contribution in [0.4, 0.5) is 11.5 Å². The number of nitrogen functional groups attached to an aromatic ring is 1. The molecule has 0 radical (unpaired) electrons. The van der Waals surface area contributed by atoms with Crippen molar-refractivity contribution in [1.82, 2.24) is 14.9 Å². The van der Waals surface area contributed by atoms with Crippen LogP contribution in [0.15, 0.2) is 6.33 Å². The molecule has 112 valence electrons. The van der Waals surface area contributed by atoms with Crippen LogP contribution >= 0.6 is 0 Å². The molecular formula is C14H25N5O. The molecule has 2 N–H and O–H groups in total. The number of nitrogens with zero attached hydrogens (tertiary/aromatic N) is 4. The summed E-state index contributed by atoms with van der Waals surface area (Å²) in [6.07, 6.45) is 2.46. The van der Waals surface area contributed by atoms with Crippen molar-refractivity contribution >= 4 is 11.5 Å². The molecule has 1 aromatic rings. The first kappa shape index (κ1) is 14.8. The van der Waals surface area contributed by atoms with Crippen LogP contribution in [-0.2, 0) is 0 Å². The lowest BCUT2D eigenvalue weighted by Crippen LogP contribution is -2.34. The van der Waals surface area contributed by atoms with Crippen molar-refractivity contribution in [2.24, 2.45) is 5.92 Å². The summed E-state index contributed by atoms with van der Waals surface area (Å²) in [7, 11) is 4.23. The summed E-state index contributed by atoms with van der Waals surface area (Å²) in [5, 5.41) is 0. The van der Waals surface area contributed by atoms with Crippen LogP contribution in [0.5, 0.6) is 5.88 Å². The zero-order valence-electron chi connectivity index (χ0n) is 12.8. The molecule has 2 rings (SSSR count). The fourth-order valence-electron chi connectivity index (χ4n) is 2.73. The van der Waals surface area contributed by atoms with E-state index in [0.717, 1.165) is 25.3 Å². The minimum atomic E-state index is 0.498. The van der Waals surface area contributed by atoms with E-state index in [0.29, 0.717) is 30.1 Å². The van der Waals surface area contributed by atoms with Gasteiger partial charge in [-0.25, -0.2) is 4.98 Å². The Hall–Kier alpha value is -1.56. The molecule has 20 heavy (non-hydrogen) atoms. The highest BCUT2D eigenvalue weighted by molar-refractivity contribution is 5.68. The molecule has 0 spiro atoms. The van der Waals surface area contributed by atoms with E-state index in [1.165, 1.54) is 6.33 Å². The van der Waals surface area contributed by atoms with Gasteiger partial charge in [-0.15, -0.1) is 0 Å². The van der Waals surface area contributed by atoms with Crippen LogP contribution in [0.3, 0.4) is 0 Å². The van der Waals surface area contributed by atoms with Crippen molar-refractivity contribution in [3.8, 4) is 5.88 Å². The number of hydrogen-bond donors (Lipinski definition) is 1. The Labute approximate surface area is 120 Å². The molecular weight excluding hydrogens is 254 g/mol. The first-order valence-electron chi connectivity index (χ1n) is 7.19. The Morgan fingerprint density at radius 1 is 1.40 bits per heavy atom. The van der Waals surface area contributed by atoms with Gasteiger partial charge in [0.2, 0.25) is 5.88 Å². The lowest BCUT2D eigenvalue weighted by atomic mass is 10.1. The van der Waals surface area contributed by atoms with E-state index < -0.39 is 0 Å². The van der Waals surface area contributed by atoms with Gasteiger partial charge in [0.25, 0.3) is 0 Å². The first-order valence-corrected chi connectivity index (χ1v) is 7.19. The van der Waals surface area contributed by atoms with Crippen molar-refractivity contribution in [2.45, 2.75) is 26.3 Å². The van der Waals surface area contributed by atoms with Crippen LogP contribution in [0.2, 0.25) is 0 Å². The second kappa shape index (κ2) is 6.26. The zero-order chi connectivity index (χ0) is 14.7. The minimum Gasteiger partial charge on any atom is -0.476 e. The zero-order valence-corrected chi connectivity index (χ0v) is 12.8. The molecule has 0 aromatic carbocycles. The monoisotopic (exact) mass is 279 g/mol. The average Bonchev–Trinajstić information content (AvgIpc) is 2.79. The summed E-state index contributed by atoms with van der Waals surface area (Å²) in [4.78, 5) is 13.0. The van der Waals surface area contributed by atoms with E-state index in [2.05, 4.69) is 47.7 Å². The van der Waals surface area contributed by atoms with Crippen molar-refractivity contribution in [1.29, 1.82) is 0 Å². The van der Waals surface area contributed by atoms with Gasteiger partial charge >= 0.3 is 0 Å². The number of nitrogens with two attached hydrogens (primary N) is 1. The molecule has 2 unspecified atom stereocenters. The van der Waals surface area contributed by atoms with E-state index in [4.69, 9.17) is 10.5 Å². The fraction of sp³-hybridized carbons (Fsp3) is 0.714. The normalized spacial score (nSPS) is 22.6. The molecule has 0 bridgehead atoms. The van der Waals surface area contributed by atoms with E-state index in [1.54, 1.807) is 0 Å². The Kier molecular flexibility index (Phi) is 4.65. The predicted molar refractivity (Wildman–Crippen MR) is 81.1 cm³/mol. The van der Waals surface area contributed by atoms with E-state index in [1.807, 2.05) is 0 Å². The number of ether oxygens (including phenoxy) is 1. The van der Waals surface area contributed by atoms with Gasteiger partial charge in [0.1, 0.15) is 12.0 Å². The third-order valence-electron chi connectivity index (χ3n) is 3.80. The summed E-state index contributed by atoms with van der Waals surface area (Å²) in [5.41, 5.74) is 6.71. The average molecular weight is 279 g/mol. The molecule has 1 aliphatic heterocycles. The molecule has 2 heterocycles. The molecule has 0 saturated carbocycles. The smallest absolute Gasteiger partial charge is 0.242 e. The number of likely N-dealkylation sites (N-methyl/N-ethyl adjacent to an activating group) is 1. The van der Waals surface area contributed by atoms with Crippen LogP contribution < -0.4 is 15.4 Å². The molecule has 1 saturated heterocycles. The van der Waals surface area contributed by atoms with Gasteiger partial charge in [-0.05, 0) is 26.4 Å². The van der Waals surface area contributed by atoms with E-state index in [-0.39, 0.29) is 0 Å². The molecule has 6 nitrogen and oxygen atoms in total. The Morgan fingerprint density at radius 2 is 2.15 bits per heavy atom. The Balaban J connectivity index is 2.17. The lowest BCUT2D eigenvalue weighted by Gasteiger charge is -2.23. The fourth-order valence-corrected chi connectivity index (χ4v) is 2.73. The maximum atomic E-state index is 6.17. The highest BCUT2D eigenvalue weighted by Gasteiger charge is 2.33. The lowest BCUT2D eigenvalue weighted by molar-refractivity contribution is 0.266. The predicted octanol–water partition coefficient (Wildman–Crippen LogP) is 1.23. The van der Waals surface area contributed by atoms with Crippen molar-refractivity contribution in [3.63, 3.8) is 0 Å². The summed E-state index contributed by atoms with van der Waals surface area (Å²) in [6, 6.07) is 0.518. The number of anilines is 2. The molecule has 2 atom stereocenters. The first-order chi connectivity index (χ1) is 9.54.